The first kappa shape index (κ1) is 18.6. The number of esters is 1. The van der Waals surface area contributed by atoms with Crippen LogP contribution in [0, 0.1) is 11.3 Å². The lowest BCUT2D eigenvalue weighted by Crippen LogP contribution is -2.14. The summed E-state index contributed by atoms with van der Waals surface area (Å²) in [6, 6.07) is 1.99. The predicted molar refractivity (Wildman–Crippen MR) is 87.7 cm³/mol. The Morgan fingerprint density at radius 2 is 2.32 bits per heavy atom. The van der Waals surface area contributed by atoms with Crippen LogP contribution in [0.2, 0.25) is 0 Å². The molecule has 0 atom stereocenters. The minimum absolute atomic E-state index is 0.121. The zero-order valence-corrected chi connectivity index (χ0v) is 13.9. The average Bonchev–Trinajstić information content (AvgIpc) is 2.53. The van der Waals surface area contributed by atoms with Gasteiger partial charge in [-0.2, -0.15) is 5.26 Å². The first-order valence-corrected chi connectivity index (χ1v) is 8.71. The molecule has 0 saturated carbocycles. The molecule has 2 N–H and O–H groups in total. The van der Waals surface area contributed by atoms with Crippen molar-refractivity contribution in [2.45, 2.75) is 45.4 Å². The maximum Gasteiger partial charge on any atom is 0.349 e. The third-order valence-corrected chi connectivity index (χ3v) is 4.12. The van der Waals surface area contributed by atoms with Crippen molar-refractivity contribution in [3.8, 4) is 6.07 Å². The largest absolute Gasteiger partial charge is 0.462 e. The number of rotatable bonds is 9. The highest BCUT2D eigenvalue weighted by Gasteiger charge is 2.18. The molecule has 1 rings (SSSR count). The van der Waals surface area contributed by atoms with Gasteiger partial charge in [-0.1, -0.05) is 25.3 Å². The number of nitrogens with one attached hydrogen (secondary N) is 1. The molecule has 5 nitrogen and oxygen atoms in total. The molecule has 22 heavy (non-hydrogen) atoms. The molecule has 0 fully saturated rings. The molecule has 0 bridgehead atoms. The summed E-state index contributed by atoms with van der Waals surface area (Å²) in [5.41, 5.74) is 1.88. The van der Waals surface area contributed by atoms with Crippen molar-refractivity contribution >= 4 is 17.9 Å². The number of ether oxygens (including phenoxy) is 1. The summed E-state index contributed by atoms with van der Waals surface area (Å²) in [6.07, 6.45) is 6.91. The van der Waals surface area contributed by atoms with Gasteiger partial charge in [0.2, 0.25) is 0 Å². The normalized spacial score (nSPS) is 16.5. The smallest absolute Gasteiger partial charge is 0.349 e. The SMILES string of the molecule is CCCCOC(=O)/C(C#N)=C1\C=C(NSCCCO)CCC1. The summed E-state index contributed by atoms with van der Waals surface area (Å²) in [6.45, 7) is 2.56. The maximum absolute atomic E-state index is 12.0. The molecule has 1 aliphatic carbocycles. The van der Waals surface area contributed by atoms with Crippen LogP contribution in [0.5, 0.6) is 0 Å². The van der Waals surface area contributed by atoms with Gasteiger partial charge in [-0.15, -0.1) is 0 Å². The van der Waals surface area contributed by atoms with E-state index in [0.717, 1.165) is 55.5 Å². The minimum atomic E-state index is -0.517. The lowest BCUT2D eigenvalue weighted by molar-refractivity contribution is -0.138. The summed E-state index contributed by atoms with van der Waals surface area (Å²) in [4.78, 5) is 12.0. The molecule has 0 aromatic rings. The number of hydrogen-bond acceptors (Lipinski definition) is 6. The highest BCUT2D eigenvalue weighted by Crippen LogP contribution is 2.25. The second kappa shape index (κ2) is 11.2. The summed E-state index contributed by atoms with van der Waals surface area (Å²) in [5, 5.41) is 18.0. The molecule has 122 valence electrons. The van der Waals surface area contributed by atoms with E-state index in [1.165, 1.54) is 11.9 Å². The fourth-order valence-corrected chi connectivity index (χ4v) is 2.73. The van der Waals surface area contributed by atoms with Gasteiger partial charge in [0.05, 0.1) is 6.61 Å². The Kier molecular flexibility index (Phi) is 9.44. The van der Waals surface area contributed by atoms with E-state index in [1.54, 1.807) is 0 Å². The molecule has 0 heterocycles. The Hall–Kier alpha value is -1.45. The molecular formula is C16H24N2O3S. The summed E-state index contributed by atoms with van der Waals surface area (Å²) < 4.78 is 8.36. The second-order valence-electron chi connectivity index (χ2n) is 5.05. The second-order valence-corrected chi connectivity index (χ2v) is 5.95. The van der Waals surface area contributed by atoms with E-state index in [4.69, 9.17) is 9.84 Å². The van der Waals surface area contributed by atoms with Crippen molar-refractivity contribution < 1.29 is 14.6 Å². The number of nitrogens with zero attached hydrogens (tertiary/aromatic N) is 1. The van der Waals surface area contributed by atoms with Crippen LogP contribution >= 0.6 is 11.9 Å². The molecule has 0 aromatic heterocycles. The fraction of sp³-hybridized carbons (Fsp3) is 0.625. The van der Waals surface area contributed by atoms with Gasteiger partial charge in [0.1, 0.15) is 11.6 Å². The lowest BCUT2D eigenvalue weighted by Gasteiger charge is -2.17. The highest BCUT2D eigenvalue weighted by atomic mass is 32.2. The monoisotopic (exact) mass is 324 g/mol. The first-order valence-electron chi connectivity index (χ1n) is 7.72. The van der Waals surface area contributed by atoms with Gasteiger partial charge < -0.3 is 14.6 Å². The summed E-state index contributed by atoms with van der Waals surface area (Å²) in [5.74, 6) is 0.299. The van der Waals surface area contributed by atoms with Gasteiger partial charge in [-0.25, -0.2) is 4.79 Å². The van der Waals surface area contributed by atoms with Crippen LogP contribution in [0.4, 0.5) is 0 Å². The molecular weight excluding hydrogens is 300 g/mol. The van der Waals surface area contributed by atoms with E-state index >= 15 is 0 Å². The zero-order valence-electron chi connectivity index (χ0n) is 13.1. The van der Waals surface area contributed by atoms with E-state index in [-0.39, 0.29) is 12.2 Å². The zero-order chi connectivity index (χ0) is 16.2. The van der Waals surface area contributed by atoms with Crippen molar-refractivity contribution in [3.63, 3.8) is 0 Å². The van der Waals surface area contributed by atoms with Crippen molar-refractivity contribution in [2.75, 3.05) is 19.0 Å². The number of allylic oxidation sites excluding steroid dienone is 3. The Labute approximate surface area is 136 Å². The number of aliphatic hydroxyl groups excluding tert-OH is 1. The molecule has 6 heteroatoms. The third kappa shape index (κ3) is 6.54. The first-order chi connectivity index (χ1) is 10.7. The number of carbonyl (C=O) groups excluding carboxylic acids is 1. The number of unbranched alkanes of at least 4 members (excludes halogenated alkanes) is 1. The summed E-state index contributed by atoms with van der Waals surface area (Å²) >= 11 is 1.53. The number of aliphatic hydroxyl groups is 1. The van der Waals surface area contributed by atoms with Gasteiger partial charge in [-0.05, 0) is 43.8 Å². The van der Waals surface area contributed by atoms with Crippen LogP contribution in [0.1, 0.15) is 45.4 Å². The minimum Gasteiger partial charge on any atom is -0.462 e. The standard InChI is InChI=1S/C16H24N2O3S/c1-2-3-9-21-16(20)15(12-17)13-6-4-7-14(11-13)18-22-10-5-8-19/h11,18-19H,2-10H2,1H3/b15-13-. The van der Waals surface area contributed by atoms with Crippen molar-refractivity contribution in [1.29, 1.82) is 5.26 Å². The lowest BCUT2D eigenvalue weighted by atomic mass is 9.95. The molecule has 0 aromatic carbocycles. The molecule has 0 spiro atoms. The van der Waals surface area contributed by atoms with E-state index in [2.05, 4.69) is 4.72 Å². The molecule has 0 aliphatic heterocycles. The van der Waals surface area contributed by atoms with Crippen LogP contribution in [0.3, 0.4) is 0 Å². The Morgan fingerprint density at radius 1 is 1.50 bits per heavy atom. The highest BCUT2D eigenvalue weighted by molar-refractivity contribution is 7.97. The molecule has 0 radical (unpaired) electrons. The van der Waals surface area contributed by atoms with Gasteiger partial charge >= 0.3 is 5.97 Å². The molecule has 0 amide bonds. The van der Waals surface area contributed by atoms with Crippen LogP contribution in [0.15, 0.2) is 22.9 Å². The van der Waals surface area contributed by atoms with E-state index in [9.17, 15) is 10.1 Å². The van der Waals surface area contributed by atoms with Crippen LogP contribution in [0.25, 0.3) is 0 Å². The predicted octanol–water partition coefficient (Wildman–Crippen LogP) is 2.84. The Balaban J connectivity index is 2.68. The fourth-order valence-electron chi connectivity index (χ4n) is 2.01. The van der Waals surface area contributed by atoms with Crippen LogP contribution < -0.4 is 4.72 Å². The maximum atomic E-state index is 12.0. The molecule has 0 saturated heterocycles. The van der Waals surface area contributed by atoms with Gasteiger partial charge in [0, 0.05) is 18.1 Å². The van der Waals surface area contributed by atoms with Crippen molar-refractivity contribution in [1.82, 2.24) is 4.72 Å². The van der Waals surface area contributed by atoms with Gasteiger partial charge in [0.25, 0.3) is 0 Å². The van der Waals surface area contributed by atoms with Gasteiger partial charge in [-0.3, -0.25) is 0 Å². The number of nitriles is 1. The van der Waals surface area contributed by atoms with E-state index in [0.29, 0.717) is 6.61 Å². The van der Waals surface area contributed by atoms with Crippen molar-refractivity contribution in [3.05, 3.63) is 22.9 Å². The third-order valence-electron chi connectivity index (χ3n) is 3.22. The van der Waals surface area contributed by atoms with Crippen LogP contribution in [-0.4, -0.2) is 30.0 Å². The molecule has 0 unspecified atom stereocenters. The Morgan fingerprint density at radius 3 is 3.00 bits per heavy atom. The summed E-state index contributed by atoms with van der Waals surface area (Å²) in [7, 11) is 0. The Bertz CT molecular complexity index is 467. The van der Waals surface area contributed by atoms with Gasteiger partial charge in [0.15, 0.2) is 0 Å². The van der Waals surface area contributed by atoms with Crippen LogP contribution in [-0.2, 0) is 9.53 Å². The number of carbonyl (C=O) groups is 1. The van der Waals surface area contributed by atoms with E-state index < -0.39 is 5.97 Å². The van der Waals surface area contributed by atoms with E-state index in [1.807, 2.05) is 19.1 Å². The quantitative estimate of drug-likeness (QED) is 0.223. The molecule has 1 aliphatic rings. The number of hydrogen-bond donors (Lipinski definition) is 2. The topological polar surface area (TPSA) is 82.4 Å². The van der Waals surface area contributed by atoms with Crippen molar-refractivity contribution in [2.24, 2.45) is 0 Å². The average molecular weight is 324 g/mol.